The van der Waals surface area contributed by atoms with Crippen LogP contribution in [0, 0.1) is 18.3 Å². The third-order valence-corrected chi connectivity index (χ3v) is 3.13. The molecule has 0 amide bonds. The predicted octanol–water partition coefficient (Wildman–Crippen LogP) is 3.48. The highest BCUT2D eigenvalue weighted by atomic mass is 35.5. The predicted molar refractivity (Wildman–Crippen MR) is 75.0 cm³/mol. The monoisotopic (exact) mass is 272 g/mol. The number of nitrogens with one attached hydrogen (secondary N) is 1. The molecule has 1 aromatic carbocycles. The maximum atomic E-state index is 8.90. The molecule has 0 aliphatic heterocycles. The van der Waals surface area contributed by atoms with E-state index in [0.29, 0.717) is 10.6 Å². The quantitative estimate of drug-likeness (QED) is 0.929. The summed E-state index contributed by atoms with van der Waals surface area (Å²) in [5, 5.41) is 12.7. The molecule has 1 N–H and O–H groups in total. The Morgan fingerprint density at radius 1 is 1.32 bits per heavy atom. The minimum absolute atomic E-state index is 0.0415. The van der Waals surface area contributed by atoms with Crippen LogP contribution in [0.15, 0.2) is 30.6 Å². The van der Waals surface area contributed by atoms with E-state index in [-0.39, 0.29) is 6.04 Å². The smallest absolute Gasteiger partial charge is 0.0992 e. The summed E-state index contributed by atoms with van der Waals surface area (Å²) >= 11 is 6.12. The first-order chi connectivity index (χ1) is 9.11. The molecular formula is C14H13ClN4. The number of benzene rings is 1. The van der Waals surface area contributed by atoms with Gasteiger partial charge in [-0.3, -0.25) is 9.97 Å². The molecule has 5 heteroatoms. The van der Waals surface area contributed by atoms with Crippen LogP contribution in [0.3, 0.4) is 0 Å². The van der Waals surface area contributed by atoms with Crippen molar-refractivity contribution in [3.63, 3.8) is 0 Å². The van der Waals surface area contributed by atoms with Crippen molar-refractivity contribution in [3.8, 4) is 6.07 Å². The molecule has 4 nitrogen and oxygen atoms in total. The standard InChI is InChI=1S/C14H13ClN4/c1-9-14(18-6-5-17-9)10(2)19-13-7-11(8-16)3-4-12(13)15/h3-7,10,19H,1-2H3. The molecule has 0 radical (unpaired) electrons. The number of anilines is 1. The summed E-state index contributed by atoms with van der Waals surface area (Å²) in [6.45, 7) is 3.89. The largest absolute Gasteiger partial charge is 0.376 e. The van der Waals surface area contributed by atoms with Gasteiger partial charge < -0.3 is 5.32 Å². The Labute approximate surface area is 117 Å². The van der Waals surface area contributed by atoms with Crippen molar-refractivity contribution in [1.82, 2.24) is 9.97 Å². The fraction of sp³-hybridized carbons (Fsp3) is 0.214. The molecule has 0 aliphatic carbocycles. The fourth-order valence-corrected chi connectivity index (χ4v) is 2.02. The molecule has 0 saturated heterocycles. The first-order valence-corrected chi connectivity index (χ1v) is 6.23. The van der Waals surface area contributed by atoms with Crippen molar-refractivity contribution >= 4 is 17.3 Å². The van der Waals surface area contributed by atoms with Crippen molar-refractivity contribution < 1.29 is 0 Å². The molecule has 1 atom stereocenters. The number of nitriles is 1. The van der Waals surface area contributed by atoms with Gasteiger partial charge >= 0.3 is 0 Å². The molecule has 0 spiro atoms. The zero-order chi connectivity index (χ0) is 13.8. The van der Waals surface area contributed by atoms with Gasteiger partial charge in [0, 0.05) is 12.4 Å². The Morgan fingerprint density at radius 3 is 2.74 bits per heavy atom. The molecule has 1 heterocycles. The third-order valence-electron chi connectivity index (χ3n) is 2.80. The van der Waals surface area contributed by atoms with Gasteiger partial charge in [0.25, 0.3) is 0 Å². The maximum Gasteiger partial charge on any atom is 0.0992 e. The summed E-state index contributed by atoms with van der Waals surface area (Å²) in [4.78, 5) is 8.52. The SMILES string of the molecule is Cc1nccnc1C(C)Nc1cc(C#N)ccc1Cl. The molecule has 0 aliphatic rings. The van der Waals surface area contributed by atoms with Crippen molar-refractivity contribution in [3.05, 3.63) is 52.6 Å². The second-order valence-corrected chi connectivity index (χ2v) is 4.61. The second-order valence-electron chi connectivity index (χ2n) is 4.20. The molecular weight excluding hydrogens is 260 g/mol. The molecule has 2 rings (SSSR count). The molecule has 1 aromatic heterocycles. The number of aromatic nitrogens is 2. The number of hydrogen-bond donors (Lipinski definition) is 1. The van der Waals surface area contributed by atoms with E-state index in [0.717, 1.165) is 17.1 Å². The molecule has 2 aromatic rings. The van der Waals surface area contributed by atoms with Crippen molar-refractivity contribution in [2.75, 3.05) is 5.32 Å². The van der Waals surface area contributed by atoms with E-state index in [1.54, 1.807) is 30.6 Å². The van der Waals surface area contributed by atoms with Crippen LogP contribution in [-0.2, 0) is 0 Å². The highest BCUT2D eigenvalue weighted by Gasteiger charge is 2.12. The summed E-state index contributed by atoms with van der Waals surface area (Å²) in [7, 11) is 0. The molecule has 0 saturated carbocycles. The average Bonchev–Trinajstić information content (AvgIpc) is 2.41. The van der Waals surface area contributed by atoms with E-state index < -0.39 is 0 Å². The lowest BCUT2D eigenvalue weighted by Crippen LogP contribution is -2.11. The average molecular weight is 273 g/mol. The number of aryl methyl sites for hydroxylation is 1. The van der Waals surface area contributed by atoms with Crippen LogP contribution in [0.2, 0.25) is 5.02 Å². The van der Waals surface area contributed by atoms with E-state index in [1.807, 2.05) is 13.8 Å². The summed E-state index contributed by atoms with van der Waals surface area (Å²) in [5.41, 5.74) is 3.02. The lowest BCUT2D eigenvalue weighted by atomic mass is 10.1. The van der Waals surface area contributed by atoms with Crippen LogP contribution in [-0.4, -0.2) is 9.97 Å². The lowest BCUT2D eigenvalue weighted by Gasteiger charge is -2.17. The Morgan fingerprint density at radius 2 is 2.05 bits per heavy atom. The van der Waals surface area contributed by atoms with E-state index >= 15 is 0 Å². The van der Waals surface area contributed by atoms with Gasteiger partial charge in [-0.15, -0.1) is 0 Å². The van der Waals surface area contributed by atoms with Gasteiger partial charge in [0.1, 0.15) is 0 Å². The number of nitrogens with zero attached hydrogens (tertiary/aromatic N) is 3. The Hall–Kier alpha value is -2.12. The number of rotatable bonds is 3. The Balaban J connectivity index is 2.27. The highest BCUT2D eigenvalue weighted by molar-refractivity contribution is 6.33. The minimum Gasteiger partial charge on any atom is -0.376 e. The summed E-state index contributed by atoms with van der Waals surface area (Å²) < 4.78 is 0. The van der Waals surface area contributed by atoms with Gasteiger partial charge in [-0.2, -0.15) is 5.26 Å². The van der Waals surface area contributed by atoms with Gasteiger partial charge in [-0.05, 0) is 32.0 Å². The summed E-state index contributed by atoms with van der Waals surface area (Å²) in [6, 6.07) is 7.17. The fourth-order valence-electron chi connectivity index (χ4n) is 1.85. The van der Waals surface area contributed by atoms with Crippen molar-refractivity contribution in [2.24, 2.45) is 0 Å². The normalized spacial score (nSPS) is 11.7. The Kier molecular flexibility index (Phi) is 3.98. The molecule has 0 bridgehead atoms. The van der Waals surface area contributed by atoms with Crippen molar-refractivity contribution in [2.45, 2.75) is 19.9 Å². The van der Waals surface area contributed by atoms with E-state index in [9.17, 15) is 0 Å². The molecule has 0 fully saturated rings. The van der Waals surface area contributed by atoms with E-state index in [4.69, 9.17) is 16.9 Å². The summed E-state index contributed by atoms with van der Waals surface area (Å²) in [6.07, 6.45) is 3.32. The van der Waals surface area contributed by atoms with Crippen LogP contribution in [0.25, 0.3) is 0 Å². The Bertz CT molecular complexity index is 634. The lowest BCUT2D eigenvalue weighted by molar-refractivity contribution is 0.810. The van der Waals surface area contributed by atoms with Gasteiger partial charge in [-0.1, -0.05) is 11.6 Å². The summed E-state index contributed by atoms with van der Waals surface area (Å²) in [5.74, 6) is 0. The van der Waals surface area contributed by atoms with Crippen LogP contribution >= 0.6 is 11.6 Å². The first kappa shape index (κ1) is 13.3. The van der Waals surface area contributed by atoms with Crippen LogP contribution < -0.4 is 5.32 Å². The van der Waals surface area contributed by atoms with Gasteiger partial charge in [0.05, 0.1) is 39.8 Å². The van der Waals surface area contributed by atoms with Crippen molar-refractivity contribution in [1.29, 1.82) is 5.26 Å². The first-order valence-electron chi connectivity index (χ1n) is 5.85. The number of hydrogen-bond acceptors (Lipinski definition) is 4. The van der Waals surface area contributed by atoms with Gasteiger partial charge in [0.2, 0.25) is 0 Å². The maximum absolute atomic E-state index is 8.90. The zero-order valence-corrected chi connectivity index (χ0v) is 11.4. The van der Waals surface area contributed by atoms with Gasteiger partial charge in [-0.25, -0.2) is 0 Å². The van der Waals surface area contributed by atoms with Gasteiger partial charge in [0.15, 0.2) is 0 Å². The third kappa shape index (κ3) is 3.01. The van der Waals surface area contributed by atoms with E-state index in [1.165, 1.54) is 0 Å². The minimum atomic E-state index is -0.0415. The molecule has 1 unspecified atom stereocenters. The zero-order valence-electron chi connectivity index (χ0n) is 10.7. The molecule has 96 valence electrons. The topological polar surface area (TPSA) is 61.6 Å². The van der Waals surface area contributed by atoms with E-state index in [2.05, 4.69) is 21.4 Å². The van der Waals surface area contributed by atoms with Crippen LogP contribution in [0.5, 0.6) is 0 Å². The number of halogens is 1. The highest BCUT2D eigenvalue weighted by Crippen LogP contribution is 2.27. The molecule has 19 heavy (non-hydrogen) atoms. The second kappa shape index (κ2) is 5.68. The van der Waals surface area contributed by atoms with Crippen LogP contribution in [0.4, 0.5) is 5.69 Å². The van der Waals surface area contributed by atoms with Crippen LogP contribution in [0.1, 0.15) is 29.9 Å².